The summed E-state index contributed by atoms with van der Waals surface area (Å²) in [5, 5.41) is 0.598. The van der Waals surface area contributed by atoms with Crippen LogP contribution in [0.3, 0.4) is 0 Å². The minimum absolute atomic E-state index is 0.244. The molecule has 1 aromatic heterocycles. The van der Waals surface area contributed by atoms with Gasteiger partial charge in [-0.05, 0) is 67.1 Å². The SMILES string of the molecule is CCOC(=O)c1c(-c2ccc(OC)cc2)oc2ccc(OCc3ccc(F)cc3)cc12. The highest BCUT2D eigenvalue weighted by atomic mass is 19.1. The van der Waals surface area contributed by atoms with E-state index in [0.717, 1.165) is 11.1 Å². The molecule has 31 heavy (non-hydrogen) atoms. The molecule has 4 rings (SSSR count). The first-order valence-corrected chi connectivity index (χ1v) is 9.84. The van der Waals surface area contributed by atoms with E-state index in [0.29, 0.717) is 33.8 Å². The fourth-order valence-corrected chi connectivity index (χ4v) is 3.27. The Morgan fingerprint density at radius 3 is 2.35 bits per heavy atom. The number of hydrogen-bond donors (Lipinski definition) is 0. The van der Waals surface area contributed by atoms with Gasteiger partial charge in [-0.1, -0.05) is 12.1 Å². The Bertz CT molecular complexity index is 1190. The molecular weight excluding hydrogens is 399 g/mol. The lowest BCUT2D eigenvalue weighted by Crippen LogP contribution is -2.05. The zero-order chi connectivity index (χ0) is 21.8. The molecule has 0 saturated carbocycles. The topological polar surface area (TPSA) is 57.9 Å². The Morgan fingerprint density at radius 2 is 1.68 bits per heavy atom. The van der Waals surface area contributed by atoms with E-state index >= 15 is 0 Å². The van der Waals surface area contributed by atoms with E-state index < -0.39 is 5.97 Å². The summed E-state index contributed by atoms with van der Waals surface area (Å²) in [4.78, 5) is 12.8. The molecular formula is C25H21FO5. The zero-order valence-corrected chi connectivity index (χ0v) is 17.2. The molecule has 0 radical (unpaired) electrons. The van der Waals surface area contributed by atoms with Crippen molar-refractivity contribution in [1.29, 1.82) is 0 Å². The van der Waals surface area contributed by atoms with Crippen LogP contribution in [-0.2, 0) is 11.3 Å². The van der Waals surface area contributed by atoms with Crippen LogP contribution in [0.25, 0.3) is 22.3 Å². The smallest absolute Gasteiger partial charge is 0.342 e. The number of carbonyl (C=O) groups excluding carboxylic acids is 1. The van der Waals surface area contributed by atoms with Crippen molar-refractivity contribution >= 4 is 16.9 Å². The second-order valence-corrected chi connectivity index (χ2v) is 6.83. The first kappa shape index (κ1) is 20.5. The first-order valence-electron chi connectivity index (χ1n) is 9.84. The Morgan fingerprint density at radius 1 is 0.968 bits per heavy atom. The highest BCUT2D eigenvalue weighted by Gasteiger charge is 2.24. The van der Waals surface area contributed by atoms with E-state index in [1.54, 1.807) is 56.5 Å². The molecule has 0 aliphatic rings. The lowest BCUT2D eigenvalue weighted by atomic mass is 10.1. The van der Waals surface area contributed by atoms with Crippen LogP contribution in [0.4, 0.5) is 4.39 Å². The summed E-state index contributed by atoms with van der Waals surface area (Å²) in [6, 6.07) is 18.6. The number of ether oxygens (including phenoxy) is 3. The summed E-state index contributed by atoms with van der Waals surface area (Å²) in [5.74, 6) is 0.918. The molecule has 0 amide bonds. The van der Waals surface area contributed by atoms with Crippen LogP contribution >= 0.6 is 0 Å². The van der Waals surface area contributed by atoms with Gasteiger partial charge in [-0.15, -0.1) is 0 Å². The summed E-state index contributed by atoms with van der Waals surface area (Å²) >= 11 is 0. The predicted octanol–water partition coefficient (Wildman–Crippen LogP) is 6.00. The monoisotopic (exact) mass is 420 g/mol. The summed E-state index contributed by atoms with van der Waals surface area (Å²) in [6.07, 6.45) is 0. The molecule has 0 bridgehead atoms. The van der Waals surface area contributed by atoms with Gasteiger partial charge in [-0.25, -0.2) is 9.18 Å². The van der Waals surface area contributed by atoms with Crippen LogP contribution in [0, 0.1) is 5.82 Å². The third-order valence-electron chi connectivity index (χ3n) is 4.81. The molecule has 158 valence electrons. The third kappa shape index (κ3) is 4.38. The lowest BCUT2D eigenvalue weighted by molar-refractivity contribution is 0.0528. The van der Waals surface area contributed by atoms with Crippen molar-refractivity contribution in [1.82, 2.24) is 0 Å². The van der Waals surface area contributed by atoms with E-state index in [4.69, 9.17) is 18.6 Å². The average Bonchev–Trinajstić information content (AvgIpc) is 3.18. The van der Waals surface area contributed by atoms with E-state index in [-0.39, 0.29) is 19.0 Å². The number of benzene rings is 3. The molecule has 0 N–H and O–H groups in total. The molecule has 0 spiro atoms. The van der Waals surface area contributed by atoms with Crippen molar-refractivity contribution in [2.75, 3.05) is 13.7 Å². The van der Waals surface area contributed by atoms with Gasteiger partial charge in [0, 0.05) is 10.9 Å². The number of rotatable bonds is 7. The molecule has 0 saturated heterocycles. The number of halogens is 1. The number of esters is 1. The molecule has 1 heterocycles. The number of furan rings is 1. The van der Waals surface area contributed by atoms with Crippen LogP contribution in [0.15, 0.2) is 71.1 Å². The Kier molecular flexibility index (Phi) is 5.89. The van der Waals surface area contributed by atoms with Gasteiger partial charge in [-0.3, -0.25) is 0 Å². The molecule has 0 atom stereocenters. The number of carbonyl (C=O) groups is 1. The van der Waals surface area contributed by atoms with Crippen LogP contribution < -0.4 is 9.47 Å². The highest BCUT2D eigenvalue weighted by molar-refractivity contribution is 6.09. The van der Waals surface area contributed by atoms with Gasteiger partial charge in [0.2, 0.25) is 0 Å². The Balaban J connectivity index is 1.71. The molecule has 3 aromatic carbocycles. The van der Waals surface area contributed by atoms with E-state index in [9.17, 15) is 9.18 Å². The van der Waals surface area contributed by atoms with Gasteiger partial charge >= 0.3 is 5.97 Å². The number of hydrogen-bond acceptors (Lipinski definition) is 5. The Labute approximate surface area is 179 Å². The van der Waals surface area contributed by atoms with Crippen LogP contribution in [0.1, 0.15) is 22.8 Å². The standard InChI is InChI=1S/C25H21FO5/c1-3-29-25(27)23-21-14-20(30-15-16-4-8-18(26)9-5-16)12-13-22(21)31-24(23)17-6-10-19(28-2)11-7-17/h4-14H,3,15H2,1-2H3. The molecule has 0 aliphatic carbocycles. The fourth-order valence-electron chi connectivity index (χ4n) is 3.27. The van der Waals surface area contributed by atoms with Crippen LogP contribution in [-0.4, -0.2) is 19.7 Å². The van der Waals surface area contributed by atoms with Crippen LogP contribution in [0.2, 0.25) is 0 Å². The van der Waals surface area contributed by atoms with Crippen molar-refractivity contribution in [2.45, 2.75) is 13.5 Å². The minimum Gasteiger partial charge on any atom is -0.497 e. The summed E-state index contributed by atoms with van der Waals surface area (Å²) in [6.45, 7) is 2.27. The summed E-state index contributed by atoms with van der Waals surface area (Å²) < 4.78 is 35.4. The largest absolute Gasteiger partial charge is 0.497 e. The third-order valence-corrected chi connectivity index (χ3v) is 4.81. The van der Waals surface area contributed by atoms with Crippen molar-refractivity contribution in [3.8, 4) is 22.8 Å². The van der Waals surface area contributed by atoms with E-state index in [1.165, 1.54) is 12.1 Å². The summed E-state index contributed by atoms with van der Waals surface area (Å²) in [5.41, 5.74) is 2.45. The zero-order valence-electron chi connectivity index (χ0n) is 17.2. The quantitative estimate of drug-likeness (QED) is 0.343. The van der Waals surface area contributed by atoms with Gasteiger partial charge in [0.15, 0.2) is 0 Å². The lowest BCUT2D eigenvalue weighted by Gasteiger charge is -2.07. The Hall–Kier alpha value is -3.80. The van der Waals surface area contributed by atoms with E-state index in [1.807, 2.05) is 12.1 Å². The number of fused-ring (bicyclic) bond motifs is 1. The fraction of sp³-hybridized carbons (Fsp3) is 0.160. The van der Waals surface area contributed by atoms with Crippen molar-refractivity contribution < 1.29 is 27.8 Å². The van der Waals surface area contributed by atoms with E-state index in [2.05, 4.69) is 0 Å². The molecule has 4 aromatic rings. The van der Waals surface area contributed by atoms with Crippen LogP contribution in [0.5, 0.6) is 11.5 Å². The summed E-state index contributed by atoms with van der Waals surface area (Å²) in [7, 11) is 1.59. The average molecular weight is 420 g/mol. The van der Waals surface area contributed by atoms with Gasteiger partial charge in [-0.2, -0.15) is 0 Å². The van der Waals surface area contributed by atoms with Crippen molar-refractivity contribution in [3.63, 3.8) is 0 Å². The highest BCUT2D eigenvalue weighted by Crippen LogP contribution is 2.36. The molecule has 0 unspecified atom stereocenters. The van der Waals surface area contributed by atoms with Crippen molar-refractivity contribution in [3.05, 3.63) is 83.7 Å². The maximum atomic E-state index is 13.1. The predicted molar refractivity (Wildman–Crippen MR) is 115 cm³/mol. The second kappa shape index (κ2) is 8.92. The molecule has 5 nitrogen and oxygen atoms in total. The molecule has 6 heteroatoms. The van der Waals surface area contributed by atoms with Gasteiger partial charge < -0.3 is 18.6 Å². The molecule has 0 aliphatic heterocycles. The minimum atomic E-state index is -0.470. The van der Waals surface area contributed by atoms with Crippen molar-refractivity contribution in [2.24, 2.45) is 0 Å². The molecule has 0 fully saturated rings. The maximum absolute atomic E-state index is 13.1. The van der Waals surface area contributed by atoms with Gasteiger partial charge in [0.05, 0.1) is 13.7 Å². The van der Waals surface area contributed by atoms with Gasteiger partial charge in [0.25, 0.3) is 0 Å². The normalized spacial score (nSPS) is 10.8. The maximum Gasteiger partial charge on any atom is 0.342 e. The first-order chi connectivity index (χ1) is 15.1. The number of methoxy groups -OCH3 is 1. The second-order valence-electron chi connectivity index (χ2n) is 6.83. The van der Waals surface area contributed by atoms with Gasteiger partial charge in [0.1, 0.15) is 40.8 Å².